The van der Waals surface area contributed by atoms with E-state index in [-0.39, 0.29) is 49.3 Å². The molecule has 12 nitrogen and oxygen atoms in total. The van der Waals surface area contributed by atoms with Crippen molar-refractivity contribution in [1.29, 1.82) is 0 Å². The molecule has 37 heavy (non-hydrogen) atoms. The Morgan fingerprint density at radius 3 is 2.92 bits per heavy atom. The van der Waals surface area contributed by atoms with Crippen molar-refractivity contribution in [3.63, 3.8) is 0 Å². The lowest BCUT2D eigenvalue weighted by molar-refractivity contribution is -0.122. The van der Waals surface area contributed by atoms with E-state index in [2.05, 4.69) is 20.6 Å². The number of carbonyl (C=O) groups is 3. The molecule has 0 spiro atoms. The van der Waals surface area contributed by atoms with E-state index < -0.39 is 0 Å². The second kappa shape index (κ2) is 10.5. The number of hydrogen-bond donors (Lipinski definition) is 1. The number of nitrogens with zero attached hydrogens (tertiary/aromatic N) is 6. The molecule has 2 bridgehead atoms. The Balaban J connectivity index is 1.44. The minimum atomic E-state index is -0.258. The van der Waals surface area contributed by atoms with E-state index in [1.165, 1.54) is 23.3 Å². The van der Waals surface area contributed by atoms with Crippen molar-refractivity contribution in [2.24, 2.45) is 5.92 Å². The number of rotatable bonds is 2. The van der Waals surface area contributed by atoms with Crippen LogP contribution in [0, 0.1) is 5.92 Å². The zero-order valence-electron chi connectivity index (χ0n) is 20.5. The molecule has 0 radical (unpaired) electrons. The second-order valence-electron chi connectivity index (χ2n) is 9.01. The molecule has 4 heterocycles. The van der Waals surface area contributed by atoms with Gasteiger partial charge in [0.05, 0.1) is 30.4 Å². The van der Waals surface area contributed by atoms with E-state index in [1.807, 2.05) is 0 Å². The molecule has 3 amide bonds. The van der Waals surface area contributed by atoms with Crippen LogP contribution in [0.3, 0.4) is 0 Å². The van der Waals surface area contributed by atoms with Gasteiger partial charge in [-0.3, -0.25) is 14.4 Å². The van der Waals surface area contributed by atoms with Gasteiger partial charge in [-0.25, -0.2) is 9.67 Å². The number of fused-ring (bicyclic) bond motifs is 5. The smallest absolute Gasteiger partial charge is 0.273 e. The van der Waals surface area contributed by atoms with Crippen LogP contribution in [-0.2, 0) is 11.4 Å². The molecule has 2 aromatic heterocycles. The number of amides is 3. The van der Waals surface area contributed by atoms with Crippen LogP contribution in [0.25, 0.3) is 0 Å². The zero-order valence-corrected chi connectivity index (χ0v) is 21.3. The number of nitrogens with one attached hydrogen (secondary N) is 1. The van der Waals surface area contributed by atoms with Crippen molar-refractivity contribution in [3.8, 4) is 11.5 Å². The minimum absolute atomic E-state index is 0.0592. The largest absolute Gasteiger partial charge is 0.493 e. The van der Waals surface area contributed by atoms with Crippen LogP contribution in [0.4, 0.5) is 0 Å². The Labute approximate surface area is 217 Å². The summed E-state index contributed by atoms with van der Waals surface area (Å²) in [4.78, 5) is 46.4. The van der Waals surface area contributed by atoms with Crippen molar-refractivity contribution < 1.29 is 23.9 Å². The number of para-hydroxylation sites is 1. The van der Waals surface area contributed by atoms with Gasteiger partial charge in [0.15, 0.2) is 11.5 Å². The average molecular weight is 526 g/mol. The first kappa shape index (κ1) is 24.7. The van der Waals surface area contributed by atoms with Gasteiger partial charge in [-0.1, -0.05) is 11.3 Å². The number of carbonyl (C=O) groups excluding carboxylic acids is 3. The molecule has 1 N–H and O–H groups in total. The Morgan fingerprint density at radius 2 is 2.14 bits per heavy atom. The summed E-state index contributed by atoms with van der Waals surface area (Å²) in [6.07, 6.45) is 1.95. The molecule has 1 aromatic carbocycles. The molecule has 1 fully saturated rings. The van der Waals surface area contributed by atoms with Crippen molar-refractivity contribution in [1.82, 2.24) is 35.1 Å². The number of methoxy groups -OCH3 is 1. The molecule has 2 aliphatic rings. The molecular formula is C24H27N7O5S. The number of thiazole rings is 1. The molecule has 5 rings (SSSR count). The normalized spacial score (nSPS) is 20.6. The van der Waals surface area contributed by atoms with Gasteiger partial charge in [0.2, 0.25) is 5.91 Å². The number of aromatic nitrogens is 4. The van der Waals surface area contributed by atoms with Gasteiger partial charge >= 0.3 is 0 Å². The molecule has 3 aromatic rings. The third-order valence-corrected chi connectivity index (χ3v) is 7.19. The summed E-state index contributed by atoms with van der Waals surface area (Å²) in [5.74, 6) is -0.0271. The Kier molecular flexibility index (Phi) is 7.04. The summed E-state index contributed by atoms with van der Waals surface area (Å²) in [7, 11) is 3.18. The van der Waals surface area contributed by atoms with E-state index >= 15 is 0 Å². The lowest BCUT2D eigenvalue weighted by atomic mass is 9.99. The fraction of sp³-hybridized carbons (Fsp3) is 0.417. The maximum Gasteiger partial charge on any atom is 0.273 e. The zero-order chi connectivity index (χ0) is 25.9. The average Bonchev–Trinajstić information content (AvgIpc) is 3.67. The van der Waals surface area contributed by atoms with Gasteiger partial charge in [0, 0.05) is 50.9 Å². The maximum absolute atomic E-state index is 13.2. The molecule has 0 unspecified atom stereocenters. The van der Waals surface area contributed by atoms with Crippen molar-refractivity contribution in [2.75, 3.05) is 40.3 Å². The molecule has 194 valence electrons. The fourth-order valence-electron chi connectivity index (χ4n) is 4.66. The van der Waals surface area contributed by atoms with Gasteiger partial charge in [-0.15, -0.1) is 16.4 Å². The number of likely N-dealkylation sites (N-methyl/N-ethyl adjacent to an activating group) is 1. The van der Waals surface area contributed by atoms with E-state index in [9.17, 15) is 14.4 Å². The second-order valence-corrected chi connectivity index (χ2v) is 9.73. The van der Waals surface area contributed by atoms with Crippen LogP contribution in [0.2, 0.25) is 0 Å². The van der Waals surface area contributed by atoms with Crippen molar-refractivity contribution in [3.05, 3.63) is 52.2 Å². The van der Waals surface area contributed by atoms with Crippen LogP contribution in [0.5, 0.6) is 11.5 Å². The van der Waals surface area contributed by atoms with Gasteiger partial charge in [-0.05, 0) is 12.1 Å². The maximum atomic E-state index is 13.2. The molecule has 13 heteroatoms. The van der Waals surface area contributed by atoms with E-state index in [4.69, 9.17) is 9.47 Å². The third-order valence-electron chi connectivity index (χ3n) is 6.60. The topological polar surface area (TPSA) is 132 Å². The number of benzene rings is 1. The predicted molar refractivity (Wildman–Crippen MR) is 132 cm³/mol. The quantitative estimate of drug-likeness (QED) is 0.529. The van der Waals surface area contributed by atoms with E-state index in [1.54, 1.807) is 51.9 Å². The predicted octanol–water partition coefficient (Wildman–Crippen LogP) is 1.23. The van der Waals surface area contributed by atoms with Crippen molar-refractivity contribution in [2.45, 2.75) is 19.1 Å². The molecule has 0 saturated carbocycles. The molecule has 2 aliphatic heterocycles. The van der Waals surface area contributed by atoms with Crippen LogP contribution in [0.1, 0.15) is 39.0 Å². The first-order chi connectivity index (χ1) is 17.9. The Morgan fingerprint density at radius 1 is 1.27 bits per heavy atom. The summed E-state index contributed by atoms with van der Waals surface area (Å²) < 4.78 is 13.2. The van der Waals surface area contributed by atoms with E-state index in [0.29, 0.717) is 48.1 Å². The monoisotopic (exact) mass is 525 g/mol. The van der Waals surface area contributed by atoms with Gasteiger partial charge in [0.1, 0.15) is 18.0 Å². The summed E-state index contributed by atoms with van der Waals surface area (Å²) in [6.45, 7) is 1.43. The summed E-state index contributed by atoms with van der Waals surface area (Å²) >= 11 is 1.36. The highest BCUT2D eigenvalue weighted by Gasteiger charge is 2.39. The van der Waals surface area contributed by atoms with Crippen molar-refractivity contribution >= 4 is 29.1 Å². The first-order valence-electron chi connectivity index (χ1n) is 11.8. The highest BCUT2D eigenvalue weighted by molar-refractivity contribution is 7.07. The van der Waals surface area contributed by atoms with Gasteiger partial charge < -0.3 is 24.6 Å². The molecule has 2 atom stereocenters. The highest BCUT2D eigenvalue weighted by atomic mass is 32.1. The lowest BCUT2D eigenvalue weighted by Crippen LogP contribution is -2.37. The van der Waals surface area contributed by atoms with Crippen LogP contribution < -0.4 is 14.8 Å². The minimum Gasteiger partial charge on any atom is -0.493 e. The van der Waals surface area contributed by atoms with Gasteiger partial charge in [-0.2, -0.15) is 0 Å². The highest BCUT2D eigenvalue weighted by Crippen LogP contribution is 2.34. The Bertz CT molecular complexity index is 1290. The lowest BCUT2D eigenvalue weighted by Gasteiger charge is -2.21. The summed E-state index contributed by atoms with van der Waals surface area (Å²) in [6, 6.07) is 4.88. The number of ether oxygens (including phenoxy) is 2. The standard InChI is InChI=1S/C24H27N7O5S/c1-29-7-6-25-21(32)8-15-9-30(24(34)18-13-37-14-26-18)11-19(15)31-10-16(27-28-31)12-36-22-17(23(29)33)4-3-5-20(22)35-2/h3-5,10,13-15,19H,6-9,11-12H2,1-2H3,(H,25,32)/t15-,19+/m0/s1. The molecule has 0 aliphatic carbocycles. The summed E-state index contributed by atoms with van der Waals surface area (Å²) in [5.41, 5.74) is 2.90. The van der Waals surface area contributed by atoms with Crippen LogP contribution >= 0.6 is 11.3 Å². The SMILES string of the molecule is COc1cccc2c1OCc1cn(nn1)[C@@H]1CN(C(=O)c3cscn3)C[C@@H]1CC(=O)NCCN(C)C2=O. The molecular weight excluding hydrogens is 498 g/mol. The van der Waals surface area contributed by atoms with Crippen LogP contribution in [0.15, 0.2) is 35.3 Å². The van der Waals surface area contributed by atoms with Gasteiger partial charge in [0.25, 0.3) is 11.8 Å². The first-order valence-corrected chi connectivity index (χ1v) is 12.8. The number of likely N-dealkylation sites (tertiary alicyclic amines) is 1. The fourth-order valence-corrected chi connectivity index (χ4v) is 5.19. The summed E-state index contributed by atoms with van der Waals surface area (Å²) in [5, 5.41) is 13.2. The molecule has 1 saturated heterocycles. The number of hydrogen-bond acceptors (Lipinski definition) is 9. The third kappa shape index (κ3) is 5.12. The van der Waals surface area contributed by atoms with Crippen LogP contribution in [-0.4, -0.2) is 87.8 Å². The van der Waals surface area contributed by atoms with E-state index in [0.717, 1.165) is 0 Å². The Hall–Kier alpha value is -4.00.